The standard InChI is InChI=1S/C26H24N8/c1-16-13-34(15-29-16)24-6-7-28-26-21(24)10-23(30-26)25-20-9-18(4-5-22(20)31-32-25)19-8-17(11-27-12-19)14-33(2)3/h4-13,15H,14H2,1-3H3,(H,28,30)(H,31,32). The van der Waals surface area contributed by atoms with E-state index >= 15 is 0 Å². The molecule has 6 aromatic rings. The summed E-state index contributed by atoms with van der Waals surface area (Å²) in [5, 5.41) is 9.86. The largest absolute Gasteiger partial charge is 0.338 e. The molecule has 1 aromatic carbocycles. The highest BCUT2D eigenvalue weighted by molar-refractivity contribution is 5.98. The van der Waals surface area contributed by atoms with Crippen molar-refractivity contribution in [1.82, 2.24) is 39.6 Å². The van der Waals surface area contributed by atoms with Crippen molar-refractivity contribution in [2.24, 2.45) is 0 Å². The van der Waals surface area contributed by atoms with Gasteiger partial charge in [0.25, 0.3) is 0 Å². The molecular weight excluding hydrogens is 424 g/mol. The highest BCUT2D eigenvalue weighted by atomic mass is 15.1. The molecule has 0 radical (unpaired) electrons. The van der Waals surface area contributed by atoms with E-state index < -0.39 is 0 Å². The van der Waals surface area contributed by atoms with Crippen LogP contribution in [0.1, 0.15) is 11.3 Å². The Kier molecular flexibility index (Phi) is 4.74. The number of aromatic amines is 2. The smallest absolute Gasteiger partial charge is 0.139 e. The van der Waals surface area contributed by atoms with Gasteiger partial charge in [-0.1, -0.05) is 6.07 Å². The number of pyridine rings is 2. The molecule has 8 heteroatoms. The number of imidazole rings is 1. The minimum Gasteiger partial charge on any atom is -0.338 e. The molecule has 0 amide bonds. The van der Waals surface area contributed by atoms with Gasteiger partial charge in [0.1, 0.15) is 11.3 Å². The molecule has 0 aliphatic carbocycles. The number of aryl methyl sites for hydroxylation is 1. The zero-order valence-corrected chi connectivity index (χ0v) is 19.2. The first-order chi connectivity index (χ1) is 16.5. The van der Waals surface area contributed by atoms with Crippen molar-refractivity contribution < 1.29 is 0 Å². The maximum absolute atomic E-state index is 4.63. The van der Waals surface area contributed by atoms with Crippen molar-refractivity contribution in [3.63, 3.8) is 0 Å². The van der Waals surface area contributed by atoms with Gasteiger partial charge in [-0.25, -0.2) is 9.97 Å². The third-order valence-corrected chi connectivity index (χ3v) is 5.94. The van der Waals surface area contributed by atoms with E-state index in [0.29, 0.717) is 0 Å². The number of rotatable bonds is 5. The number of hydrogen-bond acceptors (Lipinski definition) is 5. The molecule has 34 heavy (non-hydrogen) atoms. The van der Waals surface area contributed by atoms with Crippen LogP contribution in [0.3, 0.4) is 0 Å². The predicted molar refractivity (Wildman–Crippen MR) is 134 cm³/mol. The van der Waals surface area contributed by atoms with Crippen LogP contribution < -0.4 is 0 Å². The molecule has 0 saturated carbocycles. The van der Waals surface area contributed by atoms with E-state index in [9.17, 15) is 0 Å². The highest BCUT2D eigenvalue weighted by Crippen LogP contribution is 2.33. The Morgan fingerprint density at radius 3 is 2.71 bits per heavy atom. The molecule has 0 saturated heterocycles. The molecule has 0 unspecified atom stereocenters. The van der Waals surface area contributed by atoms with Crippen molar-refractivity contribution in [2.45, 2.75) is 13.5 Å². The second-order valence-corrected chi connectivity index (χ2v) is 8.85. The van der Waals surface area contributed by atoms with Gasteiger partial charge in [-0.3, -0.25) is 10.1 Å². The molecule has 5 aromatic heterocycles. The summed E-state index contributed by atoms with van der Waals surface area (Å²) >= 11 is 0. The molecule has 0 aliphatic heterocycles. The van der Waals surface area contributed by atoms with E-state index in [1.165, 1.54) is 5.56 Å². The Bertz CT molecular complexity index is 1640. The minimum atomic E-state index is 0.812. The number of aromatic nitrogens is 7. The summed E-state index contributed by atoms with van der Waals surface area (Å²) in [7, 11) is 4.12. The first-order valence-electron chi connectivity index (χ1n) is 11.1. The lowest BCUT2D eigenvalue weighted by Crippen LogP contribution is -2.10. The van der Waals surface area contributed by atoms with Crippen LogP contribution in [-0.4, -0.2) is 53.7 Å². The van der Waals surface area contributed by atoms with E-state index in [1.54, 1.807) is 0 Å². The van der Waals surface area contributed by atoms with Crippen molar-refractivity contribution >= 4 is 21.9 Å². The van der Waals surface area contributed by atoms with Crippen LogP contribution in [0.25, 0.3) is 50.1 Å². The first-order valence-corrected chi connectivity index (χ1v) is 11.1. The SMILES string of the molecule is Cc1cn(-c2ccnc3[nH]c(-c4n[nH]c5ccc(-c6cncc(CN(C)C)c6)cc45)cc23)cn1. The number of nitrogens with zero attached hydrogens (tertiary/aromatic N) is 6. The predicted octanol–water partition coefficient (Wildman–Crippen LogP) is 4.72. The number of benzene rings is 1. The molecule has 8 nitrogen and oxygen atoms in total. The first kappa shape index (κ1) is 20.3. The van der Waals surface area contributed by atoms with Crippen molar-refractivity contribution in [2.75, 3.05) is 14.1 Å². The Hall–Kier alpha value is -4.30. The summed E-state index contributed by atoms with van der Waals surface area (Å²) in [6, 6.07) is 12.6. The van der Waals surface area contributed by atoms with Crippen LogP contribution in [0.5, 0.6) is 0 Å². The second kappa shape index (κ2) is 7.93. The topological polar surface area (TPSA) is 91.3 Å². The van der Waals surface area contributed by atoms with Crippen molar-refractivity contribution in [3.05, 3.63) is 78.8 Å². The van der Waals surface area contributed by atoms with Crippen LogP contribution in [0.2, 0.25) is 0 Å². The molecule has 0 fully saturated rings. The quantitative estimate of drug-likeness (QED) is 0.398. The van der Waals surface area contributed by atoms with E-state index in [-0.39, 0.29) is 0 Å². The summed E-state index contributed by atoms with van der Waals surface area (Å²) in [6.45, 7) is 2.83. The summed E-state index contributed by atoms with van der Waals surface area (Å²) < 4.78 is 2.02. The average molecular weight is 449 g/mol. The van der Waals surface area contributed by atoms with Gasteiger partial charge >= 0.3 is 0 Å². The molecule has 0 spiro atoms. The highest BCUT2D eigenvalue weighted by Gasteiger charge is 2.15. The summed E-state index contributed by atoms with van der Waals surface area (Å²) in [6.07, 6.45) is 9.47. The maximum atomic E-state index is 4.63. The lowest BCUT2D eigenvalue weighted by Gasteiger charge is -2.10. The lowest BCUT2D eigenvalue weighted by molar-refractivity contribution is 0.402. The van der Waals surface area contributed by atoms with E-state index in [0.717, 1.165) is 62.4 Å². The summed E-state index contributed by atoms with van der Waals surface area (Å²) in [5.74, 6) is 0. The number of fused-ring (bicyclic) bond motifs is 2. The van der Waals surface area contributed by atoms with E-state index in [1.807, 2.05) is 48.7 Å². The molecule has 168 valence electrons. The fourth-order valence-corrected chi connectivity index (χ4v) is 4.41. The molecule has 2 N–H and O–H groups in total. The zero-order valence-electron chi connectivity index (χ0n) is 19.2. The van der Waals surface area contributed by atoms with Gasteiger partial charge in [0.2, 0.25) is 0 Å². The molecule has 5 heterocycles. The normalized spacial score (nSPS) is 11.8. The fourth-order valence-electron chi connectivity index (χ4n) is 4.41. The van der Waals surface area contributed by atoms with Gasteiger partial charge in [-0.15, -0.1) is 0 Å². The van der Waals surface area contributed by atoms with Crippen LogP contribution in [-0.2, 0) is 6.54 Å². The van der Waals surface area contributed by atoms with E-state index in [4.69, 9.17) is 0 Å². The van der Waals surface area contributed by atoms with Gasteiger partial charge in [0.05, 0.1) is 28.9 Å². The third kappa shape index (κ3) is 3.54. The van der Waals surface area contributed by atoms with Crippen LogP contribution in [0, 0.1) is 6.92 Å². The Balaban J connectivity index is 1.45. The Labute approximate surface area is 196 Å². The van der Waals surface area contributed by atoms with Gasteiger partial charge in [-0.2, -0.15) is 5.10 Å². The third-order valence-electron chi connectivity index (χ3n) is 5.94. The van der Waals surface area contributed by atoms with Crippen LogP contribution in [0.15, 0.2) is 67.5 Å². The van der Waals surface area contributed by atoms with Crippen LogP contribution >= 0.6 is 0 Å². The van der Waals surface area contributed by atoms with Crippen LogP contribution in [0.4, 0.5) is 0 Å². The minimum absolute atomic E-state index is 0.812. The van der Waals surface area contributed by atoms with Gasteiger partial charge in [0.15, 0.2) is 0 Å². The Morgan fingerprint density at radius 1 is 0.971 bits per heavy atom. The van der Waals surface area contributed by atoms with Crippen molar-refractivity contribution in [1.29, 1.82) is 0 Å². The zero-order chi connectivity index (χ0) is 23.2. The number of H-pyrrole nitrogens is 2. The summed E-state index contributed by atoms with van der Waals surface area (Å²) in [5.41, 5.74) is 8.93. The molecule has 0 atom stereocenters. The fraction of sp³-hybridized carbons (Fsp3) is 0.154. The summed E-state index contributed by atoms with van der Waals surface area (Å²) in [4.78, 5) is 19.0. The lowest BCUT2D eigenvalue weighted by atomic mass is 10.0. The molecule has 0 aliphatic rings. The number of nitrogens with one attached hydrogen (secondary N) is 2. The monoisotopic (exact) mass is 448 g/mol. The number of hydrogen-bond donors (Lipinski definition) is 2. The second-order valence-electron chi connectivity index (χ2n) is 8.85. The van der Waals surface area contributed by atoms with Gasteiger partial charge in [0, 0.05) is 47.7 Å². The molecule has 0 bridgehead atoms. The maximum Gasteiger partial charge on any atom is 0.139 e. The van der Waals surface area contributed by atoms with Crippen molar-refractivity contribution in [3.8, 4) is 28.2 Å². The average Bonchev–Trinajstić information content (AvgIpc) is 3.55. The molecule has 6 rings (SSSR count). The molecular formula is C26H24N8. The van der Waals surface area contributed by atoms with E-state index in [2.05, 4.69) is 79.5 Å². The Morgan fingerprint density at radius 2 is 1.88 bits per heavy atom. The van der Waals surface area contributed by atoms with Gasteiger partial charge in [-0.05, 0) is 62.5 Å². The van der Waals surface area contributed by atoms with Gasteiger partial charge < -0.3 is 14.5 Å².